The second-order valence-corrected chi connectivity index (χ2v) is 6.37. The molecule has 2 aliphatic carbocycles. The SMILES string of the molecule is CCCN(CC1CCC(CNC2CC2)O1)C1CC1. The molecule has 1 saturated heterocycles. The quantitative estimate of drug-likeness (QED) is 0.716. The van der Waals surface area contributed by atoms with Gasteiger partial charge in [0, 0.05) is 25.2 Å². The molecule has 3 fully saturated rings. The summed E-state index contributed by atoms with van der Waals surface area (Å²) in [7, 11) is 0. The lowest BCUT2D eigenvalue weighted by atomic mass is 10.2. The molecule has 18 heavy (non-hydrogen) atoms. The van der Waals surface area contributed by atoms with Gasteiger partial charge in [0.15, 0.2) is 0 Å². The van der Waals surface area contributed by atoms with Crippen LogP contribution in [0.2, 0.25) is 0 Å². The van der Waals surface area contributed by atoms with E-state index < -0.39 is 0 Å². The summed E-state index contributed by atoms with van der Waals surface area (Å²) in [5.74, 6) is 0. The van der Waals surface area contributed by atoms with Crippen molar-refractivity contribution in [3.63, 3.8) is 0 Å². The minimum absolute atomic E-state index is 0.485. The number of hydrogen-bond acceptors (Lipinski definition) is 3. The van der Waals surface area contributed by atoms with E-state index in [2.05, 4.69) is 17.1 Å². The van der Waals surface area contributed by atoms with E-state index in [-0.39, 0.29) is 0 Å². The first-order valence-corrected chi connectivity index (χ1v) is 7.98. The molecule has 104 valence electrons. The standard InChI is InChI=1S/C15H28N2O/c1-2-9-17(13-5-6-13)11-15-8-7-14(18-15)10-16-12-3-4-12/h12-16H,2-11H2,1H3. The molecular weight excluding hydrogens is 224 g/mol. The van der Waals surface area contributed by atoms with Crippen LogP contribution in [0.5, 0.6) is 0 Å². The number of nitrogens with one attached hydrogen (secondary N) is 1. The van der Waals surface area contributed by atoms with Gasteiger partial charge in [-0.1, -0.05) is 6.92 Å². The Morgan fingerprint density at radius 1 is 1.06 bits per heavy atom. The molecule has 0 amide bonds. The fraction of sp³-hybridized carbons (Fsp3) is 1.00. The van der Waals surface area contributed by atoms with Gasteiger partial charge in [0.25, 0.3) is 0 Å². The van der Waals surface area contributed by atoms with Crippen LogP contribution in [0.3, 0.4) is 0 Å². The van der Waals surface area contributed by atoms with Crippen LogP contribution in [0.1, 0.15) is 51.9 Å². The lowest BCUT2D eigenvalue weighted by molar-refractivity contribution is 0.0215. The molecule has 1 N–H and O–H groups in total. The Morgan fingerprint density at radius 3 is 2.50 bits per heavy atom. The Hall–Kier alpha value is -0.120. The van der Waals surface area contributed by atoms with E-state index >= 15 is 0 Å². The normalized spacial score (nSPS) is 32.3. The lowest BCUT2D eigenvalue weighted by Gasteiger charge is -2.25. The van der Waals surface area contributed by atoms with E-state index in [9.17, 15) is 0 Å². The van der Waals surface area contributed by atoms with E-state index in [1.807, 2.05) is 0 Å². The molecule has 2 saturated carbocycles. The summed E-state index contributed by atoms with van der Waals surface area (Å²) in [4.78, 5) is 2.67. The molecule has 0 aromatic carbocycles. The van der Waals surface area contributed by atoms with Crippen LogP contribution in [0, 0.1) is 0 Å². The van der Waals surface area contributed by atoms with Crippen molar-refractivity contribution in [3.8, 4) is 0 Å². The van der Waals surface area contributed by atoms with Gasteiger partial charge in [-0.15, -0.1) is 0 Å². The molecular formula is C15H28N2O. The second kappa shape index (κ2) is 5.89. The summed E-state index contributed by atoms with van der Waals surface area (Å²) < 4.78 is 6.19. The molecule has 1 aliphatic heterocycles. The van der Waals surface area contributed by atoms with Gasteiger partial charge < -0.3 is 10.1 Å². The molecule has 2 atom stereocenters. The minimum Gasteiger partial charge on any atom is -0.372 e. The molecule has 3 nitrogen and oxygen atoms in total. The van der Waals surface area contributed by atoms with Gasteiger partial charge >= 0.3 is 0 Å². The van der Waals surface area contributed by atoms with E-state index in [1.54, 1.807) is 0 Å². The van der Waals surface area contributed by atoms with Crippen LogP contribution in [0.4, 0.5) is 0 Å². The van der Waals surface area contributed by atoms with Crippen LogP contribution in [-0.4, -0.2) is 48.8 Å². The zero-order chi connectivity index (χ0) is 12.4. The Balaban J connectivity index is 1.37. The molecule has 2 unspecified atom stereocenters. The first-order valence-electron chi connectivity index (χ1n) is 7.98. The van der Waals surface area contributed by atoms with Gasteiger partial charge in [0.1, 0.15) is 0 Å². The Morgan fingerprint density at radius 2 is 1.83 bits per heavy atom. The third-order valence-corrected chi connectivity index (χ3v) is 4.42. The Labute approximate surface area is 111 Å². The van der Waals surface area contributed by atoms with Crippen molar-refractivity contribution < 1.29 is 4.74 Å². The molecule has 0 bridgehead atoms. The van der Waals surface area contributed by atoms with Crippen LogP contribution in [0.25, 0.3) is 0 Å². The lowest BCUT2D eigenvalue weighted by Crippen LogP contribution is -2.36. The maximum absolute atomic E-state index is 6.19. The van der Waals surface area contributed by atoms with E-state index in [0.29, 0.717) is 12.2 Å². The summed E-state index contributed by atoms with van der Waals surface area (Å²) in [5.41, 5.74) is 0. The van der Waals surface area contributed by atoms with Gasteiger partial charge in [-0.3, -0.25) is 4.90 Å². The van der Waals surface area contributed by atoms with Crippen molar-refractivity contribution in [3.05, 3.63) is 0 Å². The fourth-order valence-corrected chi connectivity index (χ4v) is 3.06. The van der Waals surface area contributed by atoms with Gasteiger partial charge in [0.2, 0.25) is 0 Å². The first-order chi connectivity index (χ1) is 8.85. The molecule has 0 aromatic rings. The second-order valence-electron chi connectivity index (χ2n) is 6.37. The summed E-state index contributed by atoms with van der Waals surface area (Å²) >= 11 is 0. The Bertz CT molecular complexity index is 263. The summed E-state index contributed by atoms with van der Waals surface area (Å²) in [6.45, 7) is 5.81. The third-order valence-electron chi connectivity index (χ3n) is 4.42. The average Bonchev–Trinajstić information content (AvgIpc) is 3.27. The average molecular weight is 252 g/mol. The van der Waals surface area contributed by atoms with E-state index in [4.69, 9.17) is 4.74 Å². The highest BCUT2D eigenvalue weighted by atomic mass is 16.5. The van der Waals surface area contributed by atoms with E-state index in [0.717, 1.165) is 18.6 Å². The predicted molar refractivity (Wildman–Crippen MR) is 73.8 cm³/mol. The minimum atomic E-state index is 0.485. The van der Waals surface area contributed by atoms with Crippen molar-refractivity contribution in [2.75, 3.05) is 19.6 Å². The highest BCUT2D eigenvalue weighted by molar-refractivity contribution is 4.88. The zero-order valence-electron chi connectivity index (χ0n) is 11.7. The highest BCUT2D eigenvalue weighted by Crippen LogP contribution is 2.29. The molecule has 1 heterocycles. The van der Waals surface area contributed by atoms with Gasteiger partial charge in [0.05, 0.1) is 12.2 Å². The highest BCUT2D eigenvalue weighted by Gasteiger charge is 2.33. The summed E-state index contributed by atoms with van der Waals surface area (Å²) in [6.07, 6.45) is 10.4. The van der Waals surface area contributed by atoms with Crippen LogP contribution < -0.4 is 5.32 Å². The van der Waals surface area contributed by atoms with Crippen LogP contribution in [-0.2, 0) is 4.74 Å². The fourth-order valence-electron chi connectivity index (χ4n) is 3.06. The summed E-state index contributed by atoms with van der Waals surface area (Å²) in [5, 5.41) is 3.59. The number of hydrogen-bond donors (Lipinski definition) is 1. The van der Waals surface area contributed by atoms with Crippen molar-refractivity contribution in [2.24, 2.45) is 0 Å². The van der Waals surface area contributed by atoms with Crippen molar-refractivity contribution in [1.82, 2.24) is 10.2 Å². The van der Waals surface area contributed by atoms with Crippen molar-refractivity contribution >= 4 is 0 Å². The van der Waals surface area contributed by atoms with Crippen molar-refractivity contribution in [2.45, 2.75) is 76.2 Å². The van der Waals surface area contributed by atoms with Gasteiger partial charge in [-0.05, 0) is 51.5 Å². The Kier molecular flexibility index (Phi) is 4.22. The monoisotopic (exact) mass is 252 g/mol. The maximum atomic E-state index is 6.19. The molecule has 3 aliphatic rings. The smallest absolute Gasteiger partial charge is 0.0707 e. The van der Waals surface area contributed by atoms with Crippen LogP contribution in [0.15, 0.2) is 0 Å². The predicted octanol–water partition coefficient (Wildman–Crippen LogP) is 2.16. The number of nitrogens with zero attached hydrogens (tertiary/aromatic N) is 1. The molecule has 3 rings (SSSR count). The third kappa shape index (κ3) is 3.69. The van der Waals surface area contributed by atoms with Gasteiger partial charge in [-0.2, -0.15) is 0 Å². The largest absolute Gasteiger partial charge is 0.372 e. The first kappa shape index (κ1) is 12.9. The van der Waals surface area contributed by atoms with Gasteiger partial charge in [-0.25, -0.2) is 0 Å². The van der Waals surface area contributed by atoms with Crippen molar-refractivity contribution in [1.29, 1.82) is 0 Å². The van der Waals surface area contributed by atoms with E-state index in [1.165, 1.54) is 58.0 Å². The topological polar surface area (TPSA) is 24.5 Å². The molecule has 0 radical (unpaired) electrons. The molecule has 0 aromatic heterocycles. The number of rotatable bonds is 8. The molecule has 3 heteroatoms. The molecule has 0 spiro atoms. The zero-order valence-corrected chi connectivity index (χ0v) is 11.7. The van der Waals surface area contributed by atoms with Crippen LogP contribution >= 0.6 is 0 Å². The summed E-state index contributed by atoms with van der Waals surface area (Å²) in [6, 6.07) is 1.70. The number of ether oxygens (including phenoxy) is 1. The maximum Gasteiger partial charge on any atom is 0.0707 e.